The lowest BCUT2D eigenvalue weighted by molar-refractivity contribution is 0.00647. The maximum absolute atomic E-state index is 14.6. The predicted molar refractivity (Wildman–Crippen MR) is 88.4 cm³/mol. The minimum atomic E-state index is -1.45. The Morgan fingerprint density at radius 1 is 1.32 bits per heavy atom. The van der Waals surface area contributed by atoms with Gasteiger partial charge in [-0.05, 0) is 39.3 Å². The third kappa shape index (κ3) is 4.37. The molecule has 0 unspecified atom stereocenters. The van der Waals surface area contributed by atoms with E-state index in [0.717, 1.165) is 0 Å². The fraction of sp³-hybridized carbons (Fsp3) is 0.588. The predicted octanol–water partition coefficient (Wildman–Crippen LogP) is 2.15. The van der Waals surface area contributed by atoms with E-state index in [0.29, 0.717) is 0 Å². The quantitative estimate of drug-likeness (QED) is 0.761. The number of carbonyl (C=O) groups excluding carboxylic acids is 2. The molecule has 1 saturated heterocycles. The summed E-state index contributed by atoms with van der Waals surface area (Å²) in [5.41, 5.74) is -1.41. The van der Waals surface area contributed by atoms with Crippen molar-refractivity contribution in [2.45, 2.75) is 45.0 Å². The van der Waals surface area contributed by atoms with E-state index in [9.17, 15) is 18.8 Å². The van der Waals surface area contributed by atoms with Gasteiger partial charge >= 0.3 is 12.1 Å². The molecule has 1 amide bonds. The zero-order valence-electron chi connectivity index (χ0n) is 14.8. The van der Waals surface area contributed by atoms with Crippen molar-refractivity contribution in [1.29, 1.82) is 0 Å². The molecule has 2 atom stereocenters. The number of pyridine rings is 1. The number of methoxy groups -OCH3 is 1. The first-order valence-corrected chi connectivity index (χ1v) is 8.05. The van der Waals surface area contributed by atoms with E-state index in [-0.39, 0.29) is 25.1 Å². The average molecular weight is 354 g/mol. The van der Waals surface area contributed by atoms with Crippen molar-refractivity contribution in [2.24, 2.45) is 0 Å². The number of esters is 1. The summed E-state index contributed by atoms with van der Waals surface area (Å²) in [4.78, 5) is 37.4. The van der Waals surface area contributed by atoms with Gasteiger partial charge in [-0.3, -0.25) is 4.79 Å². The Morgan fingerprint density at radius 3 is 2.56 bits per heavy atom. The fourth-order valence-electron chi connectivity index (χ4n) is 2.73. The van der Waals surface area contributed by atoms with Gasteiger partial charge in [-0.15, -0.1) is 0 Å². The van der Waals surface area contributed by atoms with Gasteiger partial charge in [-0.2, -0.15) is 0 Å². The lowest BCUT2D eigenvalue weighted by Gasteiger charge is -2.36. The van der Waals surface area contributed by atoms with E-state index in [4.69, 9.17) is 4.74 Å². The highest BCUT2D eigenvalue weighted by Gasteiger charge is 2.35. The maximum Gasteiger partial charge on any atom is 0.410 e. The lowest BCUT2D eigenvalue weighted by atomic mass is 10.0. The van der Waals surface area contributed by atoms with Gasteiger partial charge in [0.1, 0.15) is 17.3 Å². The summed E-state index contributed by atoms with van der Waals surface area (Å²) in [6.45, 7) is 5.30. The molecule has 0 spiro atoms. The Morgan fingerprint density at radius 2 is 2.00 bits per heavy atom. The number of ether oxygens (including phenoxy) is 2. The normalized spacial score (nSPS) is 20.9. The smallest absolute Gasteiger partial charge is 0.410 e. The topological polar surface area (TPSA) is 77.8 Å². The minimum Gasteiger partial charge on any atom is -0.465 e. The molecule has 0 aromatic carbocycles. The largest absolute Gasteiger partial charge is 0.465 e. The summed E-state index contributed by atoms with van der Waals surface area (Å²) >= 11 is 0. The van der Waals surface area contributed by atoms with Crippen LogP contribution < -0.4 is 5.56 Å². The van der Waals surface area contributed by atoms with E-state index >= 15 is 0 Å². The minimum absolute atomic E-state index is 0.147. The van der Waals surface area contributed by atoms with Crippen LogP contribution >= 0.6 is 0 Å². The first-order valence-electron chi connectivity index (χ1n) is 8.05. The van der Waals surface area contributed by atoms with Gasteiger partial charge in [0.25, 0.3) is 5.56 Å². The summed E-state index contributed by atoms with van der Waals surface area (Å²) in [5.74, 6) is -0.763. The SMILES string of the molecule is COC(=O)c1cccn([C@@H]2CCN(C(=O)OC(C)(C)C)C[C@H]2F)c1=O. The highest BCUT2D eigenvalue weighted by Crippen LogP contribution is 2.25. The molecular formula is C17H23FN2O5. The summed E-state index contributed by atoms with van der Waals surface area (Å²) in [6, 6.07) is 2.09. The van der Waals surface area contributed by atoms with Crippen molar-refractivity contribution in [2.75, 3.05) is 20.2 Å². The Labute approximate surface area is 145 Å². The van der Waals surface area contributed by atoms with Gasteiger partial charge in [0.15, 0.2) is 0 Å². The number of hydrogen-bond acceptors (Lipinski definition) is 5. The van der Waals surface area contributed by atoms with Crippen LogP contribution in [0, 0.1) is 0 Å². The van der Waals surface area contributed by atoms with Gasteiger partial charge in [0, 0.05) is 12.7 Å². The van der Waals surface area contributed by atoms with E-state index < -0.39 is 35.4 Å². The van der Waals surface area contributed by atoms with Crippen molar-refractivity contribution < 1.29 is 23.5 Å². The number of amides is 1. The molecule has 0 saturated carbocycles. The van der Waals surface area contributed by atoms with Crippen LogP contribution in [-0.2, 0) is 9.47 Å². The first-order chi connectivity index (χ1) is 11.6. The number of likely N-dealkylation sites (tertiary alicyclic amines) is 1. The molecule has 7 nitrogen and oxygen atoms in total. The van der Waals surface area contributed by atoms with Crippen LogP contribution in [0.15, 0.2) is 23.1 Å². The monoisotopic (exact) mass is 354 g/mol. The molecule has 1 aromatic rings. The third-order valence-electron chi connectivity index (χ3n) is 3.90. The van der Waals surface area contributed by atoms with Crippen molar-refractivity contribution >= 4 is 12.1 Å². The molecule has 1 aliphatic rings. The molecular weight excluding hydrogens is 331 g/mol. The first kappa shape index (κ1) is 19.0. The number of piperidine rings is 1. The van der Waals surface area contributed by atoms with Crippen molar-refractivity contribution in [3.63, 3.8) is 0 Å². The maximum atomic E-state index is 14.6. The molecule has 2 heterocycles. The molecule has 0 aliphatic carbocycles. The van der Waals surface area contributed by atoms with Crippen molar-refractivity contribution in [1.82, 2.24) is 9.47 Å². The Kier molecular flexibility index (Phi) is 5.49. The molecule has 0 bridgehead atoms. The van der Waals surface area contributed by atoms with Crippen LogP contribution in [0.25, 0.3) is 0 Å². The fourth-order valence-corrected chi connectivity index (χ4v) is 2.73. The average Bonchev–Trinajstić information content (AvgIpc) is 2.53. The summed E-state index contributed by atoms with van der Waals surface area (Å²) in [6.07, 6.45) is -0.351. The lowest BCUT2D eigenvalue weighted by Crippen LogP contribution is -2.49. The summed E-state index contributed by atoms with van der Waals surface area (Å²) < 4.78 is 25.7. The van der Waals surface area contributed by atoms with Gasteiger partial charge < -0.3 is 18.9 Å². The molecule has 0 radical (unpaired) electrons. The van der Waals surface area contributed by atoms with Gasteiger partial charge in [0.2, 0.25) is 0 Å². The zero-order valence-corrected chi connectivity index (χ0v) is 14.8. The highest BCUT2D eigenvalue weighted by atomic mass is 19.1. The number of rotatable bonds is 2. The molecule has 25 heavy (non-hydrogen) atoms. The van der Waals surface area contributed by atoms with E-state index in [2.05, 4.69) is 4.74 Å². The second-order valence-electron chi connectivity index (χ2n) is 6.92. The number of carbonyl (C=O) groups is 2. The van der Waals surface area contributed by atoms with Gasteiger partial charge in [-0.25, -0.2) is 14.0 Å². The molecule has 1 aliphatic heterocycles. The number of nitrogens with zero attached hydrogens (tertiary/aromatic N) is 2. The van der Waals surface area contributed by atoms with Crippen LogP contribution in [-0.4, -0.2) is 53.5 Å². The molecule has 138 valence electrons. The third-order valence-corrected chi connectivity index (χ3v) is 3.90. The molecule has 8 heteroatoms. The molecule has 1 aromatic heterocycles. The summed E-state index contributed by atoms with van der Waals surface area (Å²) in [7, 11) is 1.18. The van der Waals surface area contributed by atoms with Crippen LogP contribution in [0.4, 0.5) is 9.18 Å². The van der Waals surface area contributed by atoms with Crippen molar-refractivity contribution in [3.05, 3.63) is 34.2 Å². The van der Waals surface area contributed by atoms with E-state index in [1.165, 1.54) is 34.9 Å². The second kappa shape index (κ2) is 7.25. The Balaban J connectivity index is 2.16. The Hall–Kier alpha value is -2.38. The Bertz CT molecular complexity index is 710. The number of hydrogen-bond donors (Lipinski definition) is 0. The van der Waals surface area contributed by atoms with Crippen LogP contribution in [0.2, 0.25) is 0 Å². The van der Waals surface area contributed by atoms with Crippen LogP contribution in [0.1, 0.15) is 43.6 Å². The van der Waals surface area contributed by atoms with Crippen LogP contribution in [0.5, 0.6) is 0 Å². The molecule has 0 N–H and O–H groups in total. The number of alkyl halides is 1. The van der Waals surface area contributed by atoms with Gasteiger partial charge in [-0.1, -0.05) is 0 Å². The molecule has 1 fully saturated rings. The number of halogens is 1. The second-order valence-corrected chi connectivity index (χ2v) is 6.92. The highest BCUT2D eigenvalue weighted by molar-refractivity contribution is 5.88. The number of aromatic nitrogens is 1. The summed E-state index contributed by atoms with van der Waals surface area (Å²) in [5, 5.41) is 0. The van der Waals surface area contributed by atoms with Gasteiger partial charge in [0.05, 0.1) is 19.7 Å². The van der Waals surface area contributed by atoms with Crippen molar-refractivity contribution in [3.8, 4) is 0 Å². The molecule has 2 rings (SSSR count). The van der Waals surface area contributed by atoms with E-state index in [1.54, 1.807) is 20.8 Å². The van der Waals surface area contributed by atoms with E-state index in [1.807, 2.05) is 0 Å². The van der Waals surface area contributed by atoms with Crippen LogP contribution in [0.3, 0.4) is 0 Å². The zero-order chi connectivity index (χ0) is 18.8. The standard InChI is InChI=1S/C17H23FN2O5/c1-17(2,3)25-16(23)19-9-7-13(12(18)10-19)20-8-5-6-11(14(20)21)15(22)24-4/h5-6,8,12-13H,7,9-10H2,1-4H3/t12-,13-/m1/s1.